The van der Waals surface area contributed by atoms with Crippen molar-refractivity contribution < 1.29 is 19.1 Å². The Kier molecular flexibility index (Phi) is 4.71. The van der Waals surface area contributed by atoms with Crippen molar-refractivity contribution in [3.63, 3.8) is 0 Å². The van der Waals surface area contributed by atoms with Gasteiger partial charge in [0.2, 0.25) is 17.7 Å². The van der Waals surface area contributed by atoms with Gasteiger partial charge in [0, 0.05) is 12.5 Å². The van der Waals surface area contributed by atoms with Crippen LogP contribution in [-0.2, 0) is 14.4 Å². The second-order valence-electron chi connectivity index (χ2n) is 4.62. The molecule has 21 heavy (non-hydrogen) atoms. The number of rotatable bonds is 4. The lowest BCUT2D eigenvalue weighted by atomic mass is 10.1. The zero-order valence-corrected chi connectivity index (χ0v) is 11.6. The predicted molar refractivity (Wildman–Crippen MR) is 76.3 cm³/mol. The van der Waals surface area contributed by atoms with E-state index in [1.165, 1.54) is 6.08 Å². The van der Waals surface area contributed by atoms with Gasteiger partial charge in [-0.15, -0.1) is 0 Å². The third kappa shape index (κ3) is 4.17. The van der Waals surface area contributed by atoms with Crippen LogP contribution < -0.4 is 15.4 Å². The molecular weight excluding hydrogens is 272 g/mol. The average molecular weight is 288 g/mol. The molecule has 1 aromatic rings. The summed E-state index contributed by atoms with van der Waals surface area (Å²) in [7, 11) is 1.58. The van der Waals surface area contributed by atoms with E-state index in [9.17, 15) is 14.4 Å². The number of hydrogen-bond donors (Lipinski definition) is 2. The molecule has 1 saturated heterocycles. The second kappa shape index (κ2) is 6.69. The van der Waals surface area contributed by atoms with Crippen molar-refractivity contribution in [1.29, 1.82) is 0 Å². The summed E-state index contributed by atoms with van der Waals surface area (Å²) in [5.74, 6) is -0.405. The number of benzene rings is 1. The Bertz CT molecular complexity index is 578. The first-order chi connectivity index (χ1) is 10.1. The third-order valence-corrected chi connectivity index (χ3v) is 3.10. The average Bonchev–Trinajstić information content (AvgIpc) is 2.48. The fourth-order valence-corrected chi connectivity index (χ4v) is 1.94. The molecule has 1 heterocycles. The van der Waals surface area contributed by atoms with E-state index < -0.39 is 11.9 Å². The fraction of sp³-hybridized carbons (Fsp3) is 0.267. The molecular formula is C15H16N2O4. The molecule has 1 atom stereocenters. The van der Waals surface area contributed by atoms with Crippen LogP contribution in [0, 0.1) is 0 Å². The van der Waals surface area contributed by atoms with Gasteiger partial charge in [0.05, 0.1) is 7.11 Å². The molecule has 0 spiro atoms. The molecule has 0 aliphatic carbocycles. The second-order valence-corrected chi connectivity index (χ2v) is 4.62. The van der Waals surface area contributed by atoms with Crippen molar-refractivity contribution in [3.05, 3.63) is 35.9 Å². The van der Waals surface area contributed by atoms with E-state index in [1.54, 1.807) is 25.3 Å². The minimum absolute atomic E-state index is 0.235. The lowest BCUT2D eigenvalue weighted by molar-refractivity contribution is -0.136. The minimum Gasteiger partial charge on any atom is -0.497 e. The van der Waals surface area contributed by atoms with Crippen LogP contribution in [0.25, 0.3) is 6.08 Å². The van der Waals surface area contributed by atoms with Crippen LogP contribution in [0.2, 0.25) is 0 Å². The number of amides is 3. The first kappa shape index (κ1) is 14.8. The molecule has 1 unspecified atom stereocenters. The van der Waals surface area contributed by atoms with Gasteiger partial charge < -0.3 is 10.1 Å². The Morgan fingerprint density at radius 3 is 2.67 bits per heavy atom. The summed E-state index contributed by atoms with van der Waals surface area (Å²) >= 11 is 0. The zero-order chi connectivity index (χ0) is 15.2. The monoisotopic (exact) mass is 288 g/mol. The van der Waals surface area contributed by atoms with E-state index in [0.717, 1.165) is 11.3 Å². The van der Waals surface area contributed by atoms with Gasteiger partial charge in [0.25, 0.3) is 0 Å². The van der Waals surface area contributed by atoms with E-state index in [2.05, 4.69) is 10.6 Å². The summed E-state index contributed by atoms with van der Waals surface area (Å²) in [5.41, 5.74) is 0.842. The highest BCUT2D eigenvalue weighted by atomic mass is 16.5. The van der Waals surface area contributed by atoms with Crippen LogP contribution >= 0.6 is 0 Å². The molecule has 1 fully saturated rings. The van der Waals surface area contributed by atoms with Gasteiger partial charge in [-0.3, -0.25) is 19.7 Å². The number of methoxy groups -OCH3 is 1. The molecule has 0 saturated carbocycles. The first-order valence-electron chi connectivity index (χ1n) is 6.55. The number of imide groups is 1. The molecule has 6 nitrogen and oxygen atoms in total. The van der Waals surface area contributed by atoms with E-state index in [1.807, 2.05) is 12.1 Å². The Morgan fingerprint density at radius 1 is 1.33 bits per heavy atom. The Morgan fingerprint density at radius 2 is 2.05 bits per heavy atom. The molecule has 2 N–H and O–H groups in total. The van der Waals surface area contributed by atoms with Gasteiger partial charge >= 0.3 is 0 Å². The van der Waals surface area contributed by atoms with Gasteiger partial charge in [-0.05, 0) is 30.2 Å². The molecule has 2 rings (SSSR count). The number of ether oxygens (including phenoxy) is 1. The molecule has 1 aromatic carbocycles. The van der Waals surface area contributed by atoms with Gasteiger partial charge in [-0.2, -0.15) is 0 Å². The molecule has 0 bridgehead atoms. The summed E-state index contributed by atoms with van der Waals surface area (Å²) in [5, 5.41) is 4.76. The standard InChI is InChI=1S/C15H16N2O4/c1-21-11-5-2-10(3-6-11)4-8-13(18)16-12-7-9-14(19)17-15(12)20/h2-6,8,12H,7,9H2,1H3,(H,16,18)(H,17,19,20)/b8-4+. The van der Waals surface area contributed by atoms with Crippen molar-refractivity contribution in [1.82, 2.24) is 10.6 Å². The lowest BCUT2D eigenvalue weighted by Crippen LogP contribution is -2.51. The van der Waals surface area contributed by atoms with Crippen LogP contribution in [0.1, 0.15) is 18.4 Å². The number of piperidine rings is 1. The summed E-state index contributed by atoms with van der Waals surface area (Å²) in [6, 6.07) is 6.55. The zero-order valence-electron chi connectivity index (χ0n) is 11.6. The SMILES string of the molecule is COc1ccc(/C=C/C(=O)NC2CCC(=O)NC2=O)cc1. The van der Waals surface area contributed by atoms with E-state index >= 15 is 0 Å². The number of carbonyl (C=O) groups is 3. The minimum atomic E-state index is -0.657. The van der Waals surface area contributed by atoms with Crippen LogP contribution in [0.5, 0.6) is 5.75 Å². The van der Waals surface area contributed by atoms with Gasteiger partial charge in [0.15, 0.2) is 0 Å². The predicted octanol–water partition coefficient (Wildman–Crippen LogP) is 0.630. The maximum absolute atomic E-state index is 11.7. The quantitative estimate of drug-likeness (QED) is 0.628. The van der Waals surface area contributed by atoms with Crippen molar-refractivity contribution >= 4 is 23.8 Å². The largest absolute Gasteiger partial charge is 0.497 e. The van der Waals surface area contributed by atoms with Gasteiger partial charge in [-0.1, -0.05) is 12.1 Å². The molecule has 1 aliphatic rings. The van der Waals surface area contributed by atoms with Crippen LogP contribution in [0.15, 0.2) is 30.3 Å². The number of nitrogens with one attached hydrogen (secondary N) is 2. The molecule has 110 valence electrons. The summed E-state index contributed by atoms with van der Waals surface area (Å²) in [6.45, 7) is 0. The number of carbonyl (C=O) groups excluding carboxylic acids is 3. The summed E-state index contributed by atoms with van der Waals surface area (Å²) in [4.78, 5) is 34.2. The molecule has 0 aromatic heterocycles. The lowest BCUT2D eigenvalue weighted by Gasteiger charge is -2.20. The molecule has 6 heteroatoms. The highest BCUT2D eigenvalue weighted by Gasteiger charge is 2.27. The maximum atomic E-state index is 11.7. The van der Waals surface area contributed by atoms with Crippen LogP contribution in [0.4, 0.5) is 0 Å². The summed E-state index contributed by atoms with van der Waals surface area (Å²) < 4.78 is 5.04. The Labute approximate surface area is 122 Å². The van der Waals surface area contributed by atoms with Crippen LogP contribution in [0.3, 0.4) is 0 Å². The van der Waals surface area contributed by atoms with E-state index in [0.29, 0.717) is 6.42 Å². The highest BCUT2D eigenvalue weighted by molar-refractivity contribution is 6.03. The fourth-order valence-electron chi connectivity index (χ4n) is 1.94. The van der Waals surface area contributed by atoms with Gasteiger partial charge in [0.1, 0.15) is 11.8 Å². The maximum Gasteiger partial charge on any atom is 0.249 e. The summed E-state index contributed by atoms with van der Waals surface area (Å²) in [6.07, 6.45) is 3.55. The van der Waals surface area contributed by atoms with Crippen molar-refractivity contribution in [2.75, 3.05) is 7.11 Å². The molecule has 3 amide bonds. The van der Waals surface area contributed by atoms with Crippen LogP contribution in [-0.4, -0.2) is 30.9 Å². The first-order valence-corrected chi connectivity index (χ1v) is 6.55. The van der Waals surface area contributed by atoms with E-state index in [-0.39, 0.29) is 18.2 Å². The normalized spacial score (nSPS) is 18.4. The molecule has 0 radical (unpaired) electrons. The smallest absolute Gasteiger partial charge is 0.249 e. The van der Waals surface area contributed by atoms with Gasteiger partial charge in [-0.25, -0.2) is 0 Å². The third-order valence-electron chi connectivity index (χ3n) is 3.10. The molecule has 1 aliphatic heterocycles. The topological polar surface area (TPSA) is 84.5 Å². The Hall–Kier alpha value is -2.63. The van der Waals surface area contributed by atoms with Crippen molar-refractivity contribution in [2.45, 2.75) is 18.9 Å². The Balaban J connectivity index is 1.90. The van der Waals surface area contributed by atoms with E-state index in [4.69, 9.17) is 4.74 Å². The number of hydrogen-bond acceptors (Lipinski definition) is 4. The van der Waals surface area contributed by atoms with Crippen molar-refractivity contribution in [3.8, 4) is 5.75 Å². The highest BCUT2D eigenvalue weighted by Crippen LogP contribution is 2.12. The van der Waals surface area contributed by atoms with Crippen molar-refractivity contribution in [2.24, 2.45) is 0 Å².